The molecule has 0 aliphatic rings. The van der Waals surface area contributed by atoms with E-state index in [0.717, 1.165) is 5.56 Å². The average molecular weight is 286 g/mol. The highest BCUT2D eigenvalue weighted by atomic mass is 19.1. The van der Waals surface area contributed by atoms with Crippen molar-refractivity contribution in [3.05, 3.63) is 65.0 Å². The molecule has 0 atom stereocenters. The van der Waals surface area contributed by atoms with Crippen LogP contribution >= 0.6 is 0 Å². The molecule has 2 aromatic carbocycles. The van der Waals surface area contributed by atoms with Gasteiger partial charge in [-0.3, -0.25) is 4.79 Å². The Hall–Kier alpha value is -2.16. The van der Waals surface area contributed by atoms with E-state index in [2.05, 4.69) is 13.8 Å². The summed E-state index contributed by atoms with van der Waals surface area (Å²) in [7, 11) is 1.39. The molecule has 2 nitrogen and oxygen atoms in total. The molecule has 0 saturated heterocycles. The lowest BCUT2D eigenvalue weighted by Crippen LogP contribution is -2.04. The molecule has 2 aromatic rings. The van der Waals surface area contributed by atoms with Crippen molar-refractivity contribution < 1.29 is 13.9 Å². The van der Waals surface area contributed by atoms with Crippen LogP contribution in [0, 0.1) is 5.82 Å². The third-order valence-electron chi connectivity index (χ3n) is 3.48. The molecule has 0 spiro atoms. The molecular weight excluding hydrogens is 267 g/mol. The van der Waals surface area contributed by atoms with Crippen LogP contribution in [0.3, 0.4) is 0 Å². The summed E-state index contributed by atoms with van der Waals surface area (Å²) in [6.07, 6.45) is 0.299. The average Bonchev–Trinajstić information content (AvgIpc) is 2.48. The maximum absolute atomic E-state index is 13.3. The molecule has 3 heteroatoms. The normalized spacial score (nSPS) is 10.7. The number of carbonyl (C=O) groups excluding carboxylic acids is 1. The van der Waals surface area contributed by atoms with Gasteiger partial charge in [0, 0.05) is 12.0 Å². The Balaban J connectivity index is 2.14. The van der Waals surface area contributed by atoms with E-state index in [1.807, 2.05) is 24.3 Å². The second-order valence-corrected chi connectivity index (χ2v) is 5.35. The number of rotatable bonds is 5. The van der Waals surface area contributed by atoms with E-state index in [0.29, 0.717) is 17.9 Å². The number of halogens is 1. The lowest BCUT2D eigenvalue weighted by Gasteiger charge is -2.08. The van der Waals surface area contributed by atoms with E-state index in [4.69, 9.17) is 4.74 Å². The number of methoxy groups -OCH3 is 1. The Bertz CT molecular complexity index is 630. The van der Waals surface area contributed by atoms with Gasteiger partial charge in [0.1, 0.15) is 0 Å². The first-order valence-corrected chi connectivity index (χ1v) is 6.97. The minimum absolute atomic E-state index is 0.0504. The molecule has 0 heterocycles. The molecule has 2 rings (SSSR count). The van der Waals surface area contributed by atoms with Gasteiger partial charge in [-0.2, -0.15) is 0 Å². The summed E-state index contributed by atoms with van der Waals surface area (Å²) < 4.78 is 18.2. The summed E-state index contributed by atoms with van der Waals surface area (Å²) >= 11 is 0. The van der Waals surface area contributed by atoms with Gasteiger partial charge in [-0.15, -0.1) is 0 Å². The fourth-order valence-electron chi connectivity index (χ4n) is 2.14. The summed E-state index contributed by atoms with van der Waals surface area (Å²) in [6.45, 7) is 4.26. The van der Waals surface area contributed by atoms with Gasteiger partial charge >= 0.3 is 0 Å². The lowest BCUT2D eigenvalue weighted by atomic mass is 9.98. The number of Topliss-reactive ketones (excluding diaryl/α,β-unsaturated/α-hetero) is 1. The monoisotopic (exact) mass is 286 g/mol. The van der Waals surface area contributed by atoms with E-state index in [1.54, 1.807) is 0 Å². The van der Waals surface area contributed by atoms with Crippen LogP contribution in [0.1, 0.15) is 41.3 Å². The molecular formula is C18H19FO2. The predicted molar refractivity (Wildman–Crippen MR) is 81.5 cm³/mol. The fraction of sp³-hybridized carbons (Fsp3) is 0.278. The molecule has 21 heavy (non-hydrogen) atoms. The van der Waals surface area contributed by atoms with Crippen molar-refractivity contribution in [2.75, 3.05) is 7.11 Å². The third kappa shape index (κ3) is 3.69. The summed E-state index contributed by atoms with van der Waals surface area (Å²) in [6, 6.07) is 12.2. The van der Waals surface area contributed by atoms with Crippen LogP contribution in [0.2, 0.25) is 0 Å². The smallest absolute Gasteiger partial charge is 0.167 e. The van der Waals surface area contributed by atoms with E-state index >= 15 is 0 Å². The Morgan fingerprint density at radius 3 is 2.38 bits per heavy atom. The summed E-state index contributed by atoms with van der Waals surface area (Å²) in [5.41, 5.74) is 2.66. The van der Waals surface area contributed by atoms with Crippen LogP contribution in [0.4, 0.5) is 4.39 Å². The lowest BCUT2D eigenvalue weighted by molar-refractivity contribution is 0.0992. The van der Waals surface area contributed by atoms with Crippen LogP contribution < -0.4 is 4.74 Å². The first kappa shape index (κ1) is 15.2. The van der Waals surface area contributed by atoms with E-state index in [1.165, 1.54) is 30.9 Å². The number of hydrogen-bond acceptors (Lipinski definition) is 2. The highest BCUT2D eigenvalue weighted by Gasteiger charge is 2.11. The molecule has 0 unspecified atom stereocenters. The van der Waals surface area contributed by atoms with Crippen LogP contribution in [0.15, 0.2) is 42.5 Å². The minimum atomic E-state index is -0.463. The number of ether oxygens (including phenoxy) is 1. The van der Waals surface area contributed by atoms with E-state index in [-0.39, 0.29) is 11.5 Å². The van der Waals surface area contributed by atoms with Gasteiger partial charge in [0.2, 0.25) is 0 Å². The van der Waals surface area contributed by atoms with Crippen molar-refractivity contribution in [2.45, 2.75) is 26.2 Å². The number of carbonyl (C=O) groups is 1. The zero-order valence-corrected chi connectivity index (χ0v) is 12.5. The molecule has 0 aliphatic heterocycles. The summed E-state index contributed by atoms with van der Waals surface area (Å²) in [5.74, 6) is 0.0491. The molecule has 0 N–H and O–H groups in total. The van der Waals surface area contributed by atoms with Gasteiger partial charge in [0.25, 0.3) is 0 Å². The Kier molecular flexibility index (Phi) is 4.73. The molecule has 0 aliphatic carbocycles. The molecule has 0 aromatic heterocycles. The molecule has 0 bridgehead atoms. The van der Waals surface area contributed by atoms with Gasteiger partial charge < -0.3 is 4.74 Å². The second-order valence-electron chi connectivity index (χ2n) is 5.35. The molecule has 110 valence electrons. The van der Waals surface area contributed by atoms with Crippen molar-refractivity contribution in [3.8, 4) is 5.75 Å². The Morgan fingerprint density at radius 1 is 1.14 bits per heavy atom. The topological polar surface area (TPSA) is 26.3 Å². The third-order valence-corrected chi connectivity index (χ3v) is 3.48. The van der Waals surface area contributed by atoms with Gasteiger partial charge in [-0.1, -0.05) is 38.1 Å². The zero-order valence-electron chi connectivity index (χ0n) is 12.5. The van der Waals surface area contributed by atoms with Crippen molar-refractivity contribution in [2.24, 2.45) is 0 Å². The summed E-state index contributed by atoms with van der Waals surface area (Å²) in [5, 5.41) is 0. The van der Waals surface area contributed by atoms with Crippen LogP contribution in [-0.4, -0.2) is 12.9 Å². The van der Waals surface area contributed by atoms with Gasteiger partial charge in [-0.25, -0.2) is 4.39 Å². The highest BCUT2D eigenvalue weighted by Crippen LogP contribution is 2.20. The SMILES string of the molecule is COc1cc(C(=O)Cc2ccc(C(C)C)cc2)ccc1F. The molecule has 0 radical (unpaired) electrons. The first-order chi connectivity index (χ1) is 10.0. The van der Waals surface area contributed by atoms with Gasteiger partial charge in [0.15, 0.2) is 17.3 Å². The molecule has 0 fully saturated rings. The van der Waals surface area contributed by atoms with Crippen molar-refractivity contribution >= 4 is 5.78 Å². The van der Waals surface area contributed by atoms with E-state index in [9.17, 15) is 9.18 Å². The van der Waals surface area contributed by atoms with Crippen LogP contribution in [-0.2, 0) is 6.42 Å². The predicted octanol–water partition coefficient (Wildman–Crippen LogP) is 4.38. The standard InChI is InChI=1S/C18H19FO2/c1-12(2)14-6-4-13(5-7-14)10-17(20)15-8-9-16(19)18(11-15)21-3/h4-9,11-12H,10H2,1-3H3. The largest absolute Gasteiger partial charge is 0.494 e. The Labute approximate surface area is 124 Å². The maximum Gasteiger partial charge on any atom is 0.167 e. The number of hydrogen-bond donors (Lipinski definition) is 0. The summed E-state index contributed by atoms with van der Waals surface area (Å²) in [4.78, 5) is 12.2. The Morgan fingerprint density at radius 2 is 1.81 bits per heavy atom. The van der Waals surface area contributed by atoms with Crippen LogP contribution in [0.25, 0.3) is 0 Å². The first-order valence-electron chi connectivity index (χ1n) is 6.97. The minimum Gasteiger partial charge on any atom is -0.494 e. The fourth-order valence-corrected chi connectivity index (χ4v) is 2.14. The van der Waals surface area contributed by atoms with Gasteiger partial charge in [-0.05, 0) is 35.2 Å². The van der Waals surface area contributed by atoms with Crippen molar-refractivity contribution in [3.63, 3.8) is 0 Å². The number of benzene rings is 2. The second kappa shape index (κ2) is 6.53. The maximum atomic E-state index is 13.3. The van der Waals surface area contributed by atoms with E-state index < -0.39 is 5.82 Å². The molecule has 0 saturated carbocycles. The number of ketones is 1. The highest BCUT2D eigenvalue weighted by molar-refractivity contribution is 5.97. The van der Waals surface area contributed by atoms with Crippen molar-refractivity contribution in [1.29, 1.82) is 0 Å². The molecule has 0 amide bonds. The zero-order chi connectivity index (χ0) is 15.4. The van der Waals surface area contributed by atoms with Gasteiger partial charge in [0.05, 0.1) is 7.11 Å². The van der Waals surface area contributed by atoms with Crippen molar-refractivity contribution in [1.82, 2.24) is 0 Å². The van der Waals surface area contributed by atoms with Crippen LogP contribution in [0.5, 0.6) is 5.75 Å². The quantitative estimate of drug-likeness (QED) is 0.762.